The third-order valence-corrected chi connectivity index (χ3v) is 15.0. The first kappa shape index (κ1) is 44.4. The number of fused-ring (bicyclic) bond motifs is 6. The first-order valence-electron chi connectivity index (χ1n) is 23.7. The minimum atomic E-state index is -3.30. The first-order valence-corrected chi connectivity index (χ1v) is 23.7. The van der Waals surface area contributed by atoms with Crippen LogP contribution < -0.4 is 10.6 Å². The molecule has 69 heavy (non-hydrogen) atoms. The summed E-state index contributed by atoms with van der Waals surface area (Å²) in [6.07, 6.45) is 5.57. The summed E-state index contributed by atoms with van der Waals surface area (Å²) in [5.74, 6) is -2.44. The molecule has 1 saturated carbocycles. The number of likely N-dealkylation sites (tertiary alicyclic amines) is 2. The molecule has 3 saturated heterocycles. The highest BCUT2D eigenvalue weighted by atomic mass is 19.3. The smallest absolute Gasteiger partial charge is 0.407 e. The van der Waals surface area contributed by atoms with Gasteiger partial charge in [-0.3, -0.25) is 9.59 Å². The molecule has 6 atom stereocenters. The van der Waals surface area contributed by atoms with E-state index < -0.39 is 36.2 Å². The highest BCUT2D eigenvalue weighted by Crippen LogP contribution is 2.53. The van der Waals surface area contributed by atoms with Gasteiger partial charge in [0.2, 0.25) is 5.91 Å². The maximum atomic E-state index is 16.7. The fourth-order valence-corrected chi connectivity index (χ4v) is 11.6. The van der Waals surface area contributed by atoms with Crippen molar-refractivity contribution in [1.29, 1.82) is 0 Å². The molecule has 4 fully saturated rings. The third-order valence-electron chi connectivity index (χ3n) is 15.0. The molecule has 4 N–H and O–H groups in total. The van der Waals surface area contributed by atoms with Gasteiger partial charge in [0.05, 0.1) is 49.2 Å². The molecular formula is C52H52F2N8O7. The number of carbonyl (C=O) groups excluding carboxylic acids is 4. The van der Waals surface area contributed by atoms with Gasteiger partial charge >= 0.3 is 12.2 Å². The Morgan fingerprint density at radius 3 is 2.23 bits per heavy atom. The Bertz CT molecular complexity index is 2970. The van der Waals surface area contributed by atoms with E-state index in [1.165, 1.54) is 20.3 Å². The number of hydrogen-bond donors (Lipinski definition) is 4. The summed E-state index contributed by atoms with van der Waals surface area (Å²) >= 11 is 0. The number of piperidine rings is 1. The normalized spacial score (nSPS) is 22.3. The van der Waals surface area contributed by atoms with Crippen LogP contribution in [0.1, 0.15) is 91.4 Å². The maximum absolute atomic E-state index is 16.7. The van der Waals surface area contributed by atoms with Crippen molar-refractivity contribution in [3.05, 3.63) is 119 Å². The number of H-pyrrole nitrogens is 2. The number of hydrogen-bond acceptors (Lipinski definition) is 9. The van der Waals surface area contributed by atoms with Gasteiger partial charge in [-0.1, -0.05) is 60.7 Å². The lowest BCUT2D eigenvalue weighted by Gasteiger charge is -2.39. The molecule has 3 aliphatic heterocycles. The van der Waals surface area contributed by atoms with Crippen LogP contribution in [-0.2, 0) is 29.7 Å². The maximum Gasteiger partial charge on any atom is 0.407 e. The van der Waals surface area contributed by atoms with E-state index in [2.05, 4.69) is 25.6 Å². The zero-order valence-electron chi connectivity index (χ0n) is 38.2. The zero-order chi connectivity index (χ0) is 47.6. The van der Waals surface area contributed by atoms with Crippen LogP contribution in [0.2, 0.25) is 0 Å². The molecule has 4 aromatic carbocycles. The topological polar surface area (TPSA) is 184 Å². The number of aromatic nitrogens is 4. The highest BCUT2D eigenvalue weighted by molar-refractivity contribution is 5.90. The van der Waals surface area contributed by atoms with Gasteiger partial charge in [-0.05, 0) is 109 Å². The number of carbonyl (C=O) groups is 4. The second kappa shape index (κ2) is 17.7. The number of benzene rings is 4. The molecule has 1 unspecified atom stereocenters. The lowest BCUT2D eigenvalue weighted by atomic mass is 9.89. The molecule has 4 amide bonds. The lowest BCUT2D eigenvalue weighted by molar-refractivity contribution is -0.140. The Balaban J connectivity index is 0.830. The van der Waals surface area contributed by atoms with Gasteiger partial charge in [0, 0.05) is 42.5 Å². The van der Waals surface area contributed by atoms with Crippen LogP contribution >= 0.6 is 0 Å². The molecule has 15 nitrogen and oxygen atoms in total. The number of methoxy groups -OCH3 is 2. The summed E-state index contributed by atoms with van der Waals surface area (Å²) in [5.41, 5.74) is 5.15. The number of alkyl carbamates (subject to hydrolysis) is 2. The average molecular weight is 939 g/mol. The number of amides is 4. The molecule has 0 radical (unpaired) electrons. The monoisotopic (exact) mass is 938 g/mol. The van der Waals surface area contributed by atoms with Gasteiger partial charge in [0.15, 0.2) is 0 Å². The fourth-order valence-electron chi connectivity index (χ4n) is 11.6. The Hall–Kier alpha value is -7.14. The van der Waals surface area contributed by atoms with E-state index in [9.17, 15) is 19.2 Å². The summed E-state index contributed by atoms with van der Waals surface area (Å²) < 4.78 is 48.8. The number of nitrogens with one attached hydrogen (secondary N) is 4. The van der Waals surface area contributed by atoms with Gasteiger partial charge in [0.25, 0.3) is 11.8 Å². The predicted molar refractivity (Wildman–Crippen MR) is 250 cm³/mol. The van der Waals surface area contributed by atoms with Crippen molar-refractivity contribution in [2.24, 2.45) is 11.8 Å². The number of alkyl halides is 2. The quantitative estimate of drug-likeness (QED) is 0.104. The van der Waals surface area contributed by atoms with Gasteiger partial charge in [-0.2, -0.15) is 8.78 Å². The lowest BCUT2D eigenvalue weighted by Crippen LogP contribution is -2.55. The van der Waals surface area contributed by atoms with Crippen LogP contribution in [0.3, 0.4) is 0 Å². The Labute approximate surface area is 396 Å². The fraction of sp³-hybridized carbons (Fsp3) is 0.385. The molecule has 2 bridgehead atoms. The number of rotatable bonds is 10. The summed E-state index contributed by atoms with van der Waals surface area (Å²) in [6.45, 7) is 1.49. The van der Waals surface area contributed by atoms with Crippen molar-refractivity contribution in [2.45, 2.75) is 81.1 Å². The molecular weight excluding hydrogens is 887 g/mol. The minimum Gasteiger partial charge on any atom is -0.453 e. The Morgan fingerprint density at radius 2 is 1.48 bits per heavy atom. The van der Waals surface area contributed by atoms with Gasteiger partial charge in [-0.25, -0.2) is 19.6 Å². The van der Waals surface area contributed by atoms with Crippen LogP contribution in [0.4, 0.5) is 18.4 Å². The molecule has 0 spiro atoms. The standard InChI is InChI=1S/C52H52F2N8O7/c1-67-50(65)59-43(28-7-4-3-5-8-28)48(63)61-20-6-9-42(61)46-55-27-41(58-46)32-12-16-36-35-15-11-30(24-37(35)52(53,54)38(36)25-32)31-13-17-39-40(26-31)57-47(56-39)45-33-10-14-34(23-33)62(45)49(64)44(60-51(66)68-2)29-18-21-69-22-19-29/h3-5,7-8,11-13,15-17,24-27,29,33-34,42-45H,6,9-10,14,18-23H2,1-2H3,(H,55,58)(H,56,57)(H,59,65)(H,60,66)/t33-,34+,42?,43+,44-,45-/m0/s1. The largest absolute Gasteiger partial charge is 0.453 e. The molecule has 2 aliphatic carbocycles. The van der Waals surface area contributed by atoms with Crippen molar-refractivity contribution >= 4 is 35.0 Å². The summed E-state index contributed by atoms with van der Waals surface area (Å²) in [7, 11) is 2.54. The van der Waals surface area contributed by atoms with Crippen molar-refractivity contribution in [2.75, 3.05) is 34.0 Å². The molecule has 356 valence electrons. The SMILES string of the molecule is COC(=O)N[C@H](C(=O)N1[C@@H]2CC[C@@H](C2)[C@H]1c1nc2ccc(-c3ccc4c(c3)C(F)(F)c3cc(-c5cnc(C6CCCN6C(=O)[C@H](NC(=O)OC)c6ccccc6)[nH]5)ccc3-4)cc2[nH]1)C1CCOCC1. The molecule has 5 aliphatic rings. The molecule has 11 rings (SSSR count). The summed E-state index contributed by atoms with van der Waals surface area (Å²) in [6, 6.07) is 22.4. The highest BCUT2D eigenvalue weighted by Gasteiger charge is 2.52. The van der Waals surface area contributed by atoms with E-state index in [0.717, 1.165) is 30.3 Å². The van der Waals surface area contributed by atoms with Gasteiger partial charge in [0.1, 0.15) is 23.7 Å². The second-order valence-electron chi connectivity index (χ2n) is 18.8. The predicted octanol–water partition coefficient (Wildman–Crippen LogP) is 8.70. The van der Waals surface area contributed by atoms with Crippen LogP contribution in [0.5, 0.6) is 0 Å². The number of nitrogens with zero attached hydrogens (tertiary/aromatic N) is 4. The number of halogens is 2. The van der Waals surface area contributed by atoms with E-state index in [1.807, 2.05) is 35.2 Å². The second-order valence-corrected chi connectivity index (χ2v) is 18.8. The van der Waals surface area contributed by atoms with Crippen molar-refractivity contribution in [1.82, 2.24) is 40.4 Å². The van der Waals surface area contributed by atoms with E-state index in [-0.39, 0.29) is 46.9 Å². The number of ether oxygens (including phenoxy) is 3. The zero-order valence-corrected chi connectivity index (χ0v) is 38.2. The third kappa shape index (κ3) is 7.85. The summed E-state index contributed by atoms with van der Waals surface area (Å²) in [4.78, 5) is 73.4. The molecule has 6 aromatic rings. The van der Waals surface area contributed by atoms with Crippen molar-refractivity contribution in [3.8, 4) is 33.5 Å². The summed E-state index contributed by atoms with van der Waals surface area (Å²) in [5, 5.41) is 5.52. The molecule has 5 heterocycles. The number of aromatic amines is 2. The van der Waals surface area contributed by atoms with Crippen LogP contribution in [0.25, 0.3) is 44.5 Å². The Kier molecular flexibility index (Phi) is 11.4. The minimum absolute atomic E-state index is 0.0289. The van der Waals surface area contributed by atoms with E-state index >= 15 is 8.78 Å². The average Bonchev–Trinajstić information content (AvgIpc) is 4.26. The van der Waals surface area contributed by atoms with E-state index in [1.54, 1.807) is 59.6 Å². The molecule has 17 heteroatoms. The van der Waals surface area contributed by atoms with Crippen LogP contribution in [0.15, 0.2) is 91.1 Å². The van der Waals surface area contributed by atoms with Crippen molar-refractivity contribution < 1.29 is 42.2 Å². The van der Waals surface area contributed by atoms with Gasteiger partial charge in [-0.15, -0.1) is 0 Å². The Morgan fingerprint density at radius 1 is 0.783 bits per heavy atom. The van der Waals surface area contributed by atoms with Crippen molar-refractivity contribution in [3.63, 3.8) is 0 Å². The van der Waals surface area contributed by atoms with Crippen LogP contribution in [0, 0.1) is 11.8 Å². The van der Waals surface area contributed by atoms with Crippen LogP contribution in [-0.4, -0.2) is 99.8 Å². The first-order chi connectivity index (χ1) is 33.5. The molecule has 2 aromatic heterocycles. The number of imidazole rings is 2. The van der Waals surface area contributed by atoms with E-state index in [4.69, 9.17) is 19.2 Å². The van der Waals surface area contributed by atoms with Gasteiger partial charge < -0.3 is 44.6 Å². The van der Waals surface area contributed by atoms with E-state index in [0.29, 0.717) is 96.1 Å².